The maximum Gasteiger partial charge on any atom is 0.355 e. The molecule has 1 aromatic heterocycles. The van der Waals surface area contributed by atoms with E-state index in [1.807, 2.05) is 54.9 Å². The van der Waals surface area contributed by atoms with Crippen molar-refractivity contribution in [3.8, 4) is 11.1 Å². The van der Waals surface area contributed by atoms with Crippen LogP contribution in [0.5, 0.6) is 0 Å². The van der Waals surface area contributed by atoms with Gasteiger partial charge in [-0.25, -0.2) is 4.79 Å². The van der Waals surface area contributed by atoms with Gasteiger partial charge in [-0.05, 0) is 26.0 Å². The average Bonchev–Trinajstić information content (AvgIpc) is 2.83. The van der Waals surface area contributed by atoms with Gasteiger partial charge in [-0.2, -0.15) is 0 Å². The minimum absolute atomic E-state index is 0.174. The number of aromatic nitrogens is 1. The van der Waals surface area contributed by atoms with E-state index in [9.17, 15) is 4.79 Å². The van der Waals surface area contributed by atoms with Crippen LogP contribution in [0.25, 0.3) is 11.1 Å². The number of carbonyl (C=O) groups excluding carboxylic acids is 1. The number of para-hydroxylation sites is 1. The van der Waals surface area contributed by atoms with Crippen molar-refractivity contribution >= 4 is 11.7 Å². The van der Waals surface area contributed by atoms with Crippen molar-refractivity contribution < 1.29 is 9.53 Å². The molecule has 1 heterocycles. The molecule has 4 nitrogen and oxygen atoms in total. The lowest BCUT2D eigenvalue weighted by molar-refractivity contribution is 0.0588. The Balaban J connectivity index is 2.65. The lowest BCUT2D eigenvalue weighted by atomic mass is 10.0. The molecule has 0 aliphatic heterocycles. The molecule has 0 aliphatic carbocycles. The van der Waals surface area contributed by atoms with E-state index in [1.165, 1.54) is 7.11 Å². The Hall–Kier alpha value is -2.23. The van der Waals surface area contributed by atoms with Crippen molar-refractivity contribution in [1.29, 1.82) is 0 Å². The van der Waals surface area contributed by atoms with Gasteiger partial charge in [0, 0.05) is 29.1 Å². The van der Waals surface area contributed by atoms with Crippen LogP contribution in [0, 0.1) is 0 Å². The maximum absolute atomic E-state index is 12.0. The first-order chi connectivity index (χ1) is 9.06. The third kappa shape index (κ3) is 2.34. The number of esters is 1. The predicted molar refractivity (Wildman–Crippen MR) is 76.0 cm³/mol. The van der Waals surface area contributed by atoms with Crippen LogP contribution < -0.4 is 5.73 Å². The summed E-state index contributed by atoms with van der Waals surface area (Å²) in [7, 11) is 1.39. The molecule has 1 aromatic carbocycles. The molecule has 19 heavy (non-hydrogen) atoms. The summed E-state index contributed by atoms with van der Waals surface area (Å²) in [6.07, 6.45) is 1.89. The normalized spacial score (nSPS) is 10.7. The topological polar surface area (TPSA) is 57.2 Å². The van der Waals surface area contributed by atoms with Gasteiger partial charge in [0.25, 0.3) is 0 Å². The monoisotopic (exact) mass is 258 g/mol. The first-order valence-electron chi connectivity index (χ1n) is 6.20. The third-order valence-corrected chi connectivity index (χ3v) is 3.10. The summed E-state index contributed by atoms with van der Waals surface area (Å²) in [4.78, 5) is 12.0. The second-order valence-electron chi connectivity index (χ2n) is 4.66. The highest BCUT2D eigenvalue weighted by Crippen LogP contribution is 2.31. The van der Waals surface area contributed by atoms with Crippen LogP contribution in [0.2, 0.25) is 0 Å². The Morgan fingerprint density at radius 2 is 1.89 bits per heavy atom. The van der Waals surface area contributed by atoms with Crippen LogP contribution in [0.15, 0.2) is 36.5 Å². The van der Waals surface area contributed by atoms with Gasteiger partial charge >= 0.3 is 5.97 Å². The second-order valence-corrected chi connectivity index (χ2v) is 4.66. The van der Waals surface area contributed by atoms with E-state index in [1.54, 1.807) is 0 Å². The summed E-state index contributed by atoms with van der Waals surface area (Å²) >= 11 is 0. The molecule has 0 bridgehead atoms. The molecule has 0 radical (unpaired) electrons. The van der Waals surface area contributed by atoms with Gasteiger partial charge in [-0.3, -0.25) is 0 Å². The van der Waals surface area contributed by atoms with Gasteiger partial charge in [0.2, 0.25) is 0 Å². The van der Waals surface area contributed by atoms with E-state index >= 15 is 0 Å². The van der Waals surface area contributed by atoms with Gasteiger partial charge in [-0.15, -0.1) is 0 Å². The molecule has 2 aromatic rings. The molecule has 0 saturated carbocycles. The summed E-state index contributed by atoms with van der Waals surface area (Å²) in [6.45, 7) is 4.04. The number of methoxy groups -OCH3 is 1. The number of hydrogen-bond donors (Lipinski definition) is 1. The van der Waals surface area contributed by atoms with Crippen molar-refractivity contribution in [3.05, 3.63) is 42.2 Å². The molecular weight excluding hydrogens is 240 g/mol. The fraction of sp³-hybridized carbons (Fsp3) is 0.267. The van der Waals surface area contributed by atoms with Crippen LogP contribution in [0.1, 0.15) is 30.4 Å². The average molecular weight is 258 g/mol. The highest BCUT2D eigenvalue weighted by atomic mass is 16.5. The molecule has 0 atom stereocenters. The predicted octanol–water partition coefficient (Wildman–Crippen LogP) is 3.10. The number of carbonyl (C=O) groups is 1. The minimum atomic E-state index is -0.350. The first-order valence-corrected chi connectivity index (χ1v) is 6.20. The van der Waals surface area contributed by atoms with Gasteiger partial charge in [-0.1, -0.05) is 18.2 Å². The highest BCUT2D eigenvalue weighted by molar-refractivity contribution is 5.97. The van der Waals surface area contributed by atoms with Crippen LogP contribution in [0.3, 0.4) is 0 Å². The van der Waals surface area contributed by atoms with Gasteiger partial charge in [0.05, 0.1) is 7.11 Å². The third-order valence-electron chi connectivity index (χ3n) is 3.10. The van der Waals surface area contributed by atoms with Crippen LogP contribution in [-0.2, 0) is 4.74 Å². The first kappa shape index (κ1) is 13.2. The number of nitrogen functional groups attached to an aromatic ring is 1. The highest BCUT2D eigenvalue weighted by Gasteiger charge is 2.21. The number of ether oxygens (including phenoxy) is 1. The molecule has 0 aliphatic rings. The Morgan fingerprint density at radius 3 is 2.47 bits per heavy atom. The van der Waals surface area contributed by atoms with Crippen molar-refractivity contribution in [3.63, 3.8) is 0 Å². The molecular formula is C15H18N2O2. The van der Waals surface area contributed by atoms with Crippen molar-refractivity contribution in [1.82, 2.24) is 4.57 Å². The fourth-order valence-corrected chi connectivity index (χ4v) is 2.15. The van der Waals surface area contributed by atoms with Gasteiger partial charge in [0.15, 0.2) is 0 Å². The summed E-state index contributed by atoms with van der Waals surface area (Å²) in [5.41, 5.74) is 8.83. The van der Waals surface area contributed by atoms with E-state index in [-0.39, 0.29) is 12.0 Å². The standard InChI is InChI=1S/C15H18N2O2/c1-10(2)17-9-8-12(14(17)15(18)19-3)11-6-4-5-7-13(11)16/h4-10H,16H2,1-3H3. The number of nitrogens with zero attached hydrogens (tertiary/aromatic N) is 1. The Labute approximate surface area is 112 Å². The minimum Gasteiger partial charge on any atom is -0.464 e. The molecule has 0 saturated heterocycles. The zero-order valence-electron chi connectivity index (χ0n) is 11.4. The fourth-order valence-electron chi connectivity index (χ4n) is 2.15. The molecule has 4 heteroatoms. The van der Waals surface area contributed by atoms with Crippen LogP contribution >= 0.6 is 0 Å². The molecule has 0 unspecified atom stereocenters. The summed E-state index contributed by atoms with van der Waals surface area (Å²) in [5.74, 6) is -0.350. The van der Waals surface area contributed by atoms with Crippen LogP contribution in [-0.4, -0.2) is 17.6 Å². The number of rotatable bonds is 3. The lowest BCUT2D eigenvalue weighted by Gasteiger charge is -2.13. The quantitative estimate of drug-likeness (QED) is 0.679. The molecule has 0 spiro atoms. The number of nitrogens with two attached hydrogens (primary N) is 1. The summed E-state index contributed by atoms with van der Waals surface area (Å²) in [6, 6.07) is 9.58. The summed E-state index contributed by atoms with van der Waals surface area (Å²) < 4.78 is 6.78. The van der Waals surface area contributed by atoms with Crippen molar-refractivity contribution in [2.75, 3.05) is 12.8 Å². The molecule has 0 amide bonds. The van der Waals surface area contributed by atoms with E-state index in [0.29, 0.717) is 11.4 Å². The van der Waals surface area contributed by atoms with Crippen molar-refractivity contribution in [2.24, 2.45) is 0 Å². The zero-order valence-corrected chi connectivity index (χ0v) is 11.4. The van der Waals surface area contributed by atoms with Gasteiger partial charge in [0.1, 0.15) is 5.69 Å². The SMILES string of the molecule is COC(=O)c1c(-c2ccccc2N)ccn1C(C)C. The largest absolute Gasteiger partial charge is 0.464 e. The molecule has 0 fully saturated rings. The van der Waals surface area contributed by atoms with E-state index in [4.69, 9.17) is 10.5 Å². The van der Waals surface area contributed by atoms with E-state index in [0.717, 1.165) is 11.1 Å². The Morgan fingerprint density at radius 1 is 1.21 bits per heavy atom. The Kier molecular flexibility index (Phi) is 3.60. The smallest absolute Gasteiger partial charge is 0.355 e. The number of benzene rings is 1. The second kappa shape index (κ2) is 5.18. The molecule has 2 N–H and O–H groups in total. The van der Waals surface area contributed by atoms with E-state index < -0.39 is 0 Å². The molecule has 2 rings (SSSR count). The van der Waals surface area contributed by atoms with Gasteiger partial charge < -0.3 is 15.0 Å². The number of hydrogen-bond acceptors (Lipinski definition) is 3. The Bertz CT molecular complexity index is 600. The summed E-state index contributed by atoms with van der Waals surface area (Å²) in [5, 5.41) is 0. The molecule has 100 valence electrons. The zero-order chi connectivity index (χ0) is 14.0. The van der Waals surface area contributed by atoms with Crippen molar-refractivity contribution in [2.45, 2.75) is 19.9 Å². The number of anilines is 1. The maximum atomic E-state index is 12.0. The van der Waals surface area contributed by atoms with Crippen LogP contribution in [0.4, 0.5) is 5.69 Å². The lowest BCUT2D eigenvalue weighted by Crippen LogP contribution is -2.13. The van der Waals surface area contributed by atoms with E-state index in [2.05, 4.69) is 0 Å².